The number of carboxylic acids is 1. The van der Waals surface area contributed by atoms with E-state index in [1.54, 1.807) is 6.08 Å². The first kappa shape index (κ1) is 22.5. The molecule has 6 nitrogen and oxygen atoms in total. The van der Waals surface area contributed by atoms with E-state index in [1.807, 2.05) is 6.92 Å². The lowest BCUT2D eigenvalue weighted by molar-refractivity contribution is -0.170. The molecule has 2 N–H and O–H groups in total. The van der Waals surface area contributed by atoms with E-state index in [-0.39, 0.29) is 53.7 Å². The normalized spacial score (nSPS) is 44.0. The Morgan fingerprint density at radius 2 is 1.87 bits per heavy atom. The van der Waals surface area contributed by atoms with Crippen LogP contribution in [0.2, 0.25) is 0 Å². The average Bonchev–Trinajstić information content (AvgIpc) is 2.98. The first-order valence-electron chi connectivity index (χ1n) is 11.9. The third-order valence-corrected chi connectivity index (χ3v) is 9.68. The number of fused-ring (bicyclic) bond motifs is 5. The lowest BCUT2D eigenvalue weighted by Gasteiger charge is -2.60. The molecular weight excluding hydrogens is 396 g/mol. The summed E-state index contributed by atoms with van der Waals surface area (Å²) in [6.45, 7) is 6.52. The van der Waals surface area contributed by atoms with E-state index in [0.717, 1.165) is 31.3 Å². The van der Waals surface area contributed by atoms with Crippen LogP contribution in [0.1, 0.15) is 78.6 Å². The monoisotopic (exact) mass is 432 g/mol. The summed E-state index contributed by atoms with van der Waals surface area (Å²) < 4.78 is 5.49. The van der Waals surface area contributed by atoms with Gasteiger partial charge in [0, 0.05) is 12.8 Å². The number of carbonyl (C=O) groups is 3. The molecule has 3 fully saturated rings. The predicted octanol–water partition coefficient (Wildman–Crippen LogP) is 3.90. The van der Waals surface area contributed by atoms with Gasteiger partial charge in [-0.05, 0) is 86.5 Å². The lowest BCUT2D eigenvalue weighted by atomic mass is 9.44. The Morgan fingerprint density at radius 3 is 2.55 bits per heavy atom. The molecule has 31 heavy (non-hydrogen) atoms. The van der Waals surface area contributed by atoms with Crippen molar-refractivity contribution in [1.82, 2.24) is 0 Å². The molecule has 172 valence electrons. The average molecular weight is 433 g/mol. The fraction of sp³-hybridized carbons (Fsp3) is 0.800. The highest BCUT2D eigenvalue weighted by molar-refractivity contribution is 5.92. The Kier molecular flexibility index (Phi) is 5.60. The molecule has 0 saturated heterocycles. The number of aliphatic carboxylic acids is 1. The van der Waals surface area contributed by atoms with Crippen LogP contribution in [0.4, 0.5) is 0 Å². The molecule has 0 heterocycles. The van der Waals surface area contributed by atoms with Crippen molar-refractivity contribution in [3.05, 3.63) is 11.6 Å². The highest BCUT2D eigenvalue weighted by Gasteiger charge is 2.66. The predicted molar refractivity (Wildman–Crippen MR) is 114 cm³/mol. The summed E-state index contributed by atoms with van der Waals surface area (Å²) in [4.78, 5) is 36.5. The van der Waals surface area contributed by atoms with Gasteiger partial charge in [-0.15, -0.1) is 0 Å². The second kappa shape index (κ2) is 7.72. The van der Waals surface area contributed by atoms with E-state index in [9.17, 15) is 24.6 Å². The van der Waals surface area contributed by atoms with Gasteiger partial charge in [-0.2, -0.15) is 0 Å². The maximum Gasteiger partial charge on any atom is 0.309 e. The number of hydrogen-bond acceptors (Lipinski definition) is 5. The molecule has 3 saturated carbocycles. The second-order valence-electron chi connectivity index (χ2n) is 10.8. The van der Waals surface area contributed by atoms with Crippen LogP contribution in [-0.4, -0.2) is 40.1 Å². The number of ether oxygens (including phenoxy) is 1. The number of esters is 1. The van der Waals surface area contributed by atoms with Crippen LogP contribution in [0.25, 0.3) is 0 Å². The minimum absolute atomic E-state index is 0.0408. The molecule has 0 aromatic heterocycles. The summed E-state index contributed by atoms with van der Waals surface area (Å²) in [5.41, 5.74) is -0.410. The third kappa shape index (κ3) is 3.37. The van der Waals surface area contributed by atoms with Crippen LogP contribution in [0.5, 0.6) is 0 Å². The van der Waals surface area contributed by atoms with Crippen molar-refractivity contribution < 1.29 is 29.3 Å². The molecule has 0 spiro atoms. The highest BCUT2D eigenvalue weighted by atomic mass is 16.5. The minimum Gasteiger partial charge on any atom is -0.481 e. The van der Waals surface area contributed by atoms with Gasteiger partial charge < -0.3 is 14.9 Å². The van der Waals surface area contributed by atoms with Crippen LogP contribution >= 0.6 is 0 Å². The van der Waals surface area contributed by atoms with Crippen LogP contribution in [0.3, 0.4) is 0 Å². The number of ketones is 1. The summed E-state index contributed by atoms with van der Waals surface area (Å²) in [6.07, 6.45) is 7.02. The number of aliphatic hydroxyl groups is 1. The fourth-order valence-corrected chi connectivity index (χ4v) is 7.89. The topological polar surface area (TPSA) is 101 Å². The van der Waals surface area contributed by atoms with Crippen molar-refractivity contribution in [2.45, 2.75) is 84.2 Å². The number of rotatable bonds is 5. The van der Waals surface area contributed by atoms with Gasteiger partial charge in [0.1, 0.15) is 0 Å². The van der Waals surface area contributed by atoms with Crippen molar-refractivity contribution >= 4 is 17.7 Å². The molecule has 0 aromatic carbocycles. The van der Waals surface area contributed by atoms with Crippen LogP contribution in [0.15, 0.2) is 11.6 Å². The Hall–Kier alpha value is -1.69. The molecule has 6 heteroatoms. The fourth-order valence-electron chi connectivity index (χ4n) is 7.89. The summed E-state index contributed by atoms with van der Waals surface area (Å²) in [5, 5.41) is 20.8. The van der Waals surface area contributed by atoms with Crippen LogP contribution in [-0.2, 0) is 19.1 Å². The largest absolute Gasteiger partial charge is 0.481 e. The number of allylic oxidation sites excluding steroid dienone is 1. The van der Waals surface area contributed by atoms with E-state index in [0.29, 0.717) is 25.9 Å². The zero-order valence-corrected chi connectivity index (χ0v) is 19.0. The molecule has 4 aliphatic carbocycles. The summed E-state index contributed by atoms with van der Waals surface area (Å²) in [5.74, 6) is -0.717. The van der Waals surface area contributed by atoms with Crippen molar-refractivity contribution in [2.75, 3.05) is 6.61 Å². The molecule has 4 aliphatic rings. The molecule has 4 rings (SSSR count). The molecule has 7 atom stereocenters. The van der Waals surface area contributed by atoms with Gasteiger partial charge in [-0.25, -0.2) is 0 Å². The summed E-state index contributed by atoms with van der Waals surface area (Å²) in [6, 6.07) is 0. The van der Waals surface area contributed by atoms with Gasteiger partial charge in [-0.3, -0.25) is 14.4 Å². The van der Waals surface area contributed by atoms with E-state index >= 15 is 0 Å². The van der Waals surface area contributed by atoms with Crippen molar-refractivity contribution in [3.63, 3.8) is 0 Å². The quantitative estimate of drug-likeness (QED) is 0.639. The molecule has 0 radical (unpaired) electrons. The SMILES string of the molecule is CCOC(=O)C1CC2=CC(=O)CC[C@]2(C)[C@H]2CC[C@@]3(C)[C@@H](CC[C@]3(O)CCC(=O)O)[C@H]12. The summed E-state index contributed by atoms with van der Waals surface area (Å²) >= 11 is 0. The molecule has 0 aliphatic heterocycles. The van der Waals surface area contributed by atoms with Gasteiger partial charge in [-0.1, -0.05) is 19.4 Å². The Balaban J connectivity index is 1.73. The first-order chi connectivity index (χ1) is 14.6. The molecule has 0 aromatic rings. The number of carbonyl (C=O) groups excluding carboxylic acids is 2. The van der Waals surface area contributed by atoms with Gasteiger partial charge in [0.25, 0.3) is 0 Å². The Bertz CT molecular complexity index is 817. The maximum atomic E-state index is 13.1. The second-order valence-corrected chi connectivity index (χ2v) is 10.8. The van der Waals surface area contributed by atoms with E-state index in [4.69, 9.17) is 4.74 Å². The summed E-state index contributed by atoms with van der Waals surface area (Å²) in [7, 11) is 0. The third-order valence-electron chi connectivity index (χ3n) is 9.68. The van der Waals surface area contributed by atoms with Crippen molar-refractivity contribution in [1.29, 1.82) is 0 Å². The Labute approximate surface area is 184 Å². The molecular formula is C25H36O6. The van der Waals surface area contributed by atoms with E-state index in [1.165, 1.54) is 0 Å². The van der Waals surface area contributed by atoms with Crippen molar-refractivity contribution in [3.8, 4) is 0 Å². The molecule has 0 bridgehead atoms. The van der Waals surface area contributed by atoms with E-state index < -0.39 is 17.0 Å². The van der Waals surface area contributed by atoms with Crippen LogP contribution in [0, 0.1) is 34.5 Å². The Morgan fingerprint density at radius 1 is 1.16 bits per heavy atom. The van der Waals surface area contributed by atoms with Gasteiger partial charge in [0.05, 0.1) is 18.1 Å². The zero-order chi connectivity index (χ0) is 22.6. The number of carboxylic acid groups (broad SMARTS) is 1. The smallest absolute Gasteiger partial charge is 0.309 e. The molecule has 1 unspecified atom stereocenters. The minimum atomic E-state index is -1.01. The standard InChI is InChI=1S/C25H36O6/c1-4-31-22(29)17-14-15-13-16(26)5-9-23(15,2)18-6-10-24(3)19(21(17)18)7-11-25(24,30)12-8-20(27)28/h13,17-19,21,30H,4-12,14H2,1-3H3,(H,27,28)/t17?,18-,19-,21+,23-,24-,25-/m0/s1. The highest BCUT2D eigenvalue weighted by Crippen LogP contribution is 2.69. The lowest BCUT2D eigenvalue weighted by Crippen LogP contribution is -2.58. The first-order valence-corrected chi connectivity index (χ1v) is 11.9. The zero-order valence-electron chi connectivity index (χ0n) is 19.0. The number of hydrogen-bond donors (Lipinski definition) is 2. The van der Waals surface area contributed by atoms with Gasteiger partial charge in [0.15, 0.2) is 5.78 Å². The van der Waals surface area contributed by atoms with Crippen LogP contribution < -0.4 is 0 Å². The van der Waals surface area contributed by atoms with Crippen molar-refractivity contribution in [2.24, 2.45) is 34.5 Å². The van der Waals surface area contributed by atoms with E-state index in [2.05, 4.69) is 13.8 Å². The maximum absolute atomic E-state index is 13.1. The van der Waals surface area contributed by atoms with Gasteiger partial charge in [0.2, 0.25) is 0 Å². The van der Waals surface area contributed by atoms with Gasteiger partial charge >= 0.3 is 11.9 Å². The molecule has 0 amide bonds.